The van der Waals surface area contributed by atoms with E-state index >= 15 is 4.79 Å². The first-order valence-corrected chi connectivity index (χ1v) is 15.4. The second kappa shape index (κ2) is 11.7. The lowest BCUT2D eigenvalue weighted by molar-refractivity contribution is -0.156. The number of anilines is 1. The lowest BCUT2D eigenvalue weighted by Crippen LogP contribution is -2.56. The summed E-state index contributed by atoms with van der Waals surface area (Å²) in [5.74, 6) is -2.35. The Kier molecular flexibility index (Phi) is 8.41. The number of rotatable bonds is 11. The smallest absolute Gasteiger partial charge is 0.311 e. The highest BCUT2D eigenvalue weighted by atomic mass is 32.2. The van der Waals surface area contributed by atoms with Crippen LogP contribution in [0.5, 0.6) is 0 Å². The Morgan fingerprint density at radius 3 is 2.43 bits per heavy atom. The van der Waals surface area contributed by atoms with Gasteiger partial charge in [0.05, 0.1) is 35.8 Å². The lowest BCUT2D eigenvalue weighted by Gasteiger charge is -2.40. The molecule has 0 radical (unpaired) electrons. The van der Waals surface area contributed by atoms with Crippen LogP contribution in [0.4, 0.5) is 5.69 Å². The molecule has 2 amide bonds. The molecule has 0 aromatic heterocycles. The summed E-state index contributed by atoms with van der Waals surface area (Å²) in [5.41, 5.74) is 3.41. The summed E-state index contributed by atoms with van der Waals surface area (Å²) in [7, 11) is 0. The molecular weight excluding hydrogens is 548 g/mol. The van der Waals surface area contributed by atoms with Gasteiger partial charge in [-0.3, -0.25) is 14.4 Å². The van der Waals surface area contributed by atoms with E-state index in [1.807, 2.05) is 69.3 Å². The summed E-state index contributed by atoms with van der Waals surface area (Å²) in [6.07, 6.45) is 5.19. The first-order chi connectivity index (χ1) is 20.1. The second-order valence-corrected chi connectivity index (χ2v) is 13.7. The lowest BCUT2D eigenvalue weighted by atomic mass is 9.66. The van der Waals surface area contributed by atoms with Gasteiger partial charge in [0.15, 0.2) is 0 Å². The fourth-order valence-electron chi connectivity index (χ4n) is 7.50. The number of hydrogen-bond acceptors (Lipinski definition) is 6. The number of nitrogens with zero attached hydrogens (tertiary/aromatic N) is 2. The van der Waals surface area contributed by atoms with Gasteiger partial charge in [-0.15, -0.1) is 24.9 Å². The number of fused-ring (bicyclic) bond motifs is 1. The van der Waals surface area contributed by atoms with Crippen molar-refractivity contribution in [3.05, 3.63) is 90.5 Å². The minimum absolute atomic E-state index is 0.197. The molecule has 3 fully saturated rings. The van der Waals surface area contributed by atoms with E-state index in [1.54, 1.807) is 33.7 Å². The second-order valence-electron chi connectivity index (χ2n) is 11.8. The van der Waals surface area contributed by atoms with Crippen molar-refractivity contribution in [2.24, 2.45) is 11.8 Å². The van der Waals surface area contributed by atoms with Crippen molar-refractivity contribution in [3.8, 4) is 0 Å². The number of likely N-dealkylation sites (tertiary alicyclic amines) is 1. The zero-order valence-electron chi connectivity index (χ0n) is 24.6. The summed E-state index contributed by atoms with van der Waals surface area (Å²) in [5, 5.41) is 10.8. The van der Waals surface area contributed by atoms with Crippen molar-refractivity contribution in [2.45, 2.75) is 61.6 Å². The monoisotopic (exact) mass is 588 g/mol. The predicted molar refractivity (Wildman–Crippen MR) is 166 cm³/mol. The average molecular weight is 589 g/mol. The number of amides is 2. The molecule has 1 N–H and O–H groups in total. The van der Waals surface area contributed by atoms with Crippen molar-refractivity contribution in [3.63, 3.8) is 0 Å². The van der Waals surface area contributed by atoms with E-state index in [2.05, 4.69) is 13.2 Å². The van der Waals surface area contributed by atoms with E-state index in [-0.39, 0.29) is 31.6 Å². The third kappa shape index (κ3) is 4.69. The van der Waals surface area contributed by atoms with Gasteiger partial charge in [0.2, 0.25) is 5.91 Å². The predicted octanol–water partition coefficient (Wildman–Crippen LogP) is 5.16. The Hall–Kier alpha value is -3.36. The number of benzene rings is 2. The van der Waals surface area contributed by atoms with Gasteiger partial charge in [-0.1, -0.05) is 60.7 Å². The van der Waals surface area contributed by atoms with E-state index in [4.69, 9.17) is 4.74 Å². The number of aryl methyl sites for hydroxylation is 2. The number of thioether (sulfide) groups is 1. The number of ether oxygens (including phenoxy) is 1. The van der Waals surface area contributed by atoms with Crippen LogP contribution >= 0.6 is 11.8 Å². The van der Waals surface area contributed by atoms with Crippen LogP contribution in [0.25, 0.3) is 0 Å². The standard InChI is InChI=1S/C34H40N2O5S/c1-6-8-20-41-32(40)27-26-30(38)36(25(21-37)24-15-10-9-11-16-24)29(34(26)18-17-33(27,5)42-34)31(39)35(19-7-2)28-22(3)13-12-14-23(28)4/h6-7,9-16,25-27,29,37H,1-2,8,17-21H2,3-5H3/t25-,26+,27+,29?,33-,34?/m1/s1. The van der Waals surface area contributed by atoms with E-state index < -0.39 is 39.4 Å². The molecule has 3 aliphatic heterocycles. The number of aliphatic hydroxyl groups excluding tert-OH is 1. The Labute approximate surface area is 252 Å². The Bertz CT molecular complexity index is 1380. The largest absolute Gasteiger partial charge is 0.465 e. The maximum atomic E-state index is 15.0. The molecule has 2 aromatic rings. The van der Waals surface area contributed by atoms with E-state index in [9.17, 15) is 14.7 Å². The van der Waals surface area contributed by atoms with Crippen molar-refractivity contribution >= 4 is 35.2 Å². The summed E-state index contributed by atoms with van der Waals surface area (Å²) in [6.45, 7) is 13.7. The molecule has 3 aliphatic rings. The first-order valence-electron chi connectivity index (χ1n) is 14.6. The zero-order chi connectivity index (χ0) is 30.2. The molecule has 0 aliphatic carbocycles. The summed E-state index contributed by atoms with van der Waals surface area (Å²) < 4.78 is 4.29. The first kappa shape index (κ1) is 30.1. The third-order valence-corrected chi connectivity index (χ3v) is 11.2. The van der Waals surface area contributed by atoms with E-state index in [0.717, 1.165) is 22.4 Å². The number of carbonyl (C=O) groups excluding carboxylic acids is 3. The maximum absolute atomic E-state index is 15.0. The van der Waals surface area contributed by atoms with Gasteiger partial charge in [0, 0.05) is 17.0 Å². The molecule has 5 rings (SSSR count). The topological polar surface area (TPSA) is 87.1 Å². The number of esters is 1. The van der Waals surface area contributed by atoms with Crippen LogP contribution in [0.3, 0.4) is 0 Å². The third-order valence-electron chi connectivity index (χ3n) is 9.25. The summed E-state index contributed by atoms with van der Waals surface area (Å²) >= 11 is 1.60. The van der Waals surface area contributed by atoms with Gasteiger partial charge in [0.25, 0.3) is 5.91 Å². The van der Waals surface area contributed by atoms with Crippen molar-refractivity contribution in [2.75, 3.05) is 24.7 Å². The normalized spacial score (nSPS) is 28.3. The highest BCUT2D eigenvalue weighted by Crippen LogP contribution is 2.72. The summed E-state index contributed by atoms with van der Waals surface area (Å²) in [4.78, 5) is 46.7. The molecule has 2 aromatic carbocycles. The minimum atomic E-state index is -0.899. The zero-order valence-corrected chi connectivity index (χ0v) is 25.4. The van der Waals surface area contributed by atoms with Gasteiger partial charge >= 0.3 is 5.97 Å². The highest BCUT2D eigenvalue weighted by molar-refractivity contribution is 8.02. The fourth-order valence-corrected chi connectivity index (χ4v) is 9.82. The Balaban J connectivity index is 1.66. The van der Waals surface area contributed by atoms with Crippen LogP contribution in [0.1, 0.15) is 48.9 Å². The van der Waals surface area contributed by atoms with Crippen LogP contribution in [0, 0.1) is 25.7 Å². The molecule has 7 nitrogen and oxygen atoms in total. The SMILES string of the molecule is C=CCCOC(=O)[C@@H]1[C@H]2C(=O)N([C@H](CO)c3ccccc3)C(C(=O)N(CC=C)c3c(C)cccc3C)C23CC[C@@]1(C)S3. The van der Waals surface area contributed by atoms with Crippen LogP contribution in [-0.4, -0.2) is 63.1 Å². The number of hydrogen-bond donors (Lipinski definition) is 1. The van der Waals surface area contributed by atoms with Crippen LogP contribution in [0.2, 0.25) is 0 Å². The Morgan fingerprint density at radius 2 is 1.81 bits per heavy atom. The fraction of sp³-hybridized carbons (Fsp3) is 0.441. The molecule has 8 heteroatoms. The van der Waals surface area contributed by atoms with Crippen molar-refractivity contribution in [1.29, 1.82) is 0 Å². The van der Waals surface area contributed by atoms with E-state index in [0.29, 0.717) is 19.3 Å². The number of carbonyl (C=O) groups is 3. The molecule has 6 atom stereocenters. The molecule has 222 valence electrons. The Morgan fingerprint density at radius 1 is 1.12 bits per heavy atom. The highest BCUT2D eigenvalue weighted by Gasteiger charge is 2.78. The summed E-state index contributed by atoms with van der Waals surface area (Å²) in [6, 6.07) is 13.6. The molecule has 42 heavy (non-hydrogen) atoms. The molecule has 2 unspecified atom stereocenters. The molecule has 3 saturated heterocycles. The maximum Gasteiger partial charge on any atom is 0.311 e. The van der Waals surface area contributed by atoms with E-state index in [1.165, 1.54) is 0 Å². The molecule has 2 bridgehead atoms. The van der Waals surface area contributed by atoms with Crippen LogP contribution in [-0.2, 0) is 19.1 Å². The molecule has 3 heterocycles. The van der Waals surface area contributed by atoms with Gasteiger partial charge in [-0.2, -0.15) is 0 Å². The van der Waals surface area contributed by atoms with Crippen LogP contribution in [0.15, 0.2) is 73.8 Å². The van der Waals surface area contributed by atoms with Gasteiger partial charge in [-0.25, -0.2) is 0 Å². The quantitative estimate of drug-likeness (QED) is 0.222. The van der Waals surface area contributed by atoms with Crippen molar-refractivity contribution < 1.29 is 24.2 Å². The van der Waals surface area contributed by atoms with Gasteiger partial charge < -0.3 is 19.6 Å². The van der Waals surface area contributed by atoms with Crippen molar-refractivity contribution in [1.82, 2.24) is 4.90 Å². The average Bonchev–Trinajstić information content (AvgIpc) is 3.54. The van der Waals surface area contributed by atoms with Gasteiger partial charge in [0.1, 0.15) is 6.04 Å². The van der Waals surface area contributed by atoms with Gasteiger partial charge in [-0.05, 0) is 56.7 Å². The number of aliphatic hydroxyl groups is 1. The molecular formula is C34H40N2O5S. The molecule has 0 saturated carbocycles. The molecule has 1 spiro atoms. The minimum Gasteiger partial charge on any atom is -0.465 e. The van der Waals surface area contributed by atoms with Crippen LogP contribution < -0.4 is 4.90 Å². The number of para-hydroxylation sites is 1.